The average Bonchev–Trinajstić information content (AvgIpc) is 3.13. The van der Waals surface area contributed by atoms with E-state index < -0.39 is 19.7 Å². The molecule has 1 N–H and O–H groups in total. The number of nitrogens with zero attached hydrogens (tertiary/aromatic N) is 2. The van der Waals surface area contributed by atoms with Crippen LogP contribution >= 0.6 is 0 Å². The molecule has 0 bridgehead atoms. The smallest absolute Gasteiger partial charge is 0.226 e. The van der Waals surface area contributed by atoms with E-state index >= 15 is 0 Å². The van der Waals surface area contributed by atoms with Gasteiger partial charge in [-0.1, -0.05) is 12.1 Å². The van der Waals surface area contributed by atoms with Gasteiger partial charge in [0.25, 0.3) is 0 Å². The molecule has 0 spiro atoms. The first-order valence-electron chi connectivity index (χ1n) is 8.94. The number of amides is 1. The van der Waals surface area contributed by atoms with Crippen molar-refractivity contribution in [2.75, 3.05) is 23.1 Å². The summed E-state index contributed by atoms with van der Waals surface area (Å²) in [6, 6.07) is 6.24. The van der Waals surface area contributed by atoms with E-state index in [4.69, 9.17) is 0 Å². The maximum Gasteiger partial charge on any atom is 0.226 e. The summed E-state index contributed by atoms with van der Waals surface area (Å²) in [7, 11) is -6.39. The van der Waals surface area contributed by atoms with Crippen LogP contribution in [0.3, 0.4) is 0 Å². The average molecular weight is 424 g/mol. The second-order valence-corrected chi connectivity index (χ2v) is 11.7. The molecule has 2 aliphatic heterocycles. The Morgan fingerprint density at radius 3 is 2.46 bits per heavy atom. The van der Waals surface area contributed by atoms with Crippen molar-refractivity contribution < 1.29 is 21.6 Å². The standard InChI is InChI=1S/C18H21N3O5S2/c1-11-17-15(12-3-5-14(6-4-12)27(2,23)24)9-16(22)19-18(17)21(20-11)13-7-8-28(25,26)10-13/h3-6,13,15H,7-10H2,1-2H3,(H,19,22)/t13-,15+/m1/s1. The van der Waals surface area contributed by atoms with Crippen molar-refractivity contribution in [3.63, 3.8) is 0 Å². The van der Waals surface area contributed by atoms with Crippen LogP contribution < -0.4 is 5.32 Å². The maximum atomic E-state index is 12.4. The van der Waals surface area contributed by atoms with Gasteiger partial charge in [0, 0.05) is 24.2 Å². The van der Waals surface area contributed by atoms with Crippen LogP contribution in [0.2, 0.25) is 0 Å². The minimum absolute atomic E-state index is 0.0180. The monoisotopic (exact) mass is 423 g/mol. The number of aromatic nitrogens is 2. The summed E-state index contributed by atoms with van der Waals surface area (Å²) in [4.78, 5) is 12.6. The lowest BCUT2D eigenvalue weighted by molar-refractivity contribution is -0.116. The number of carbonyl (C=O) groups is 1. The molecule has 28 heavy (non-hydrogen) atoms. The Hall–Kier alpha value is -2.20. The molecule has 1 aromatic heterocycles. The summed E-state index contributed by atoms with van der Waals surface area (Å²) >= 11 is 0. The van der Waals surface area contributed by atoms with Crippen LogP contribution in [0, 0.1) is 6.92 Å². The van der Waals surface area contributed by atoms with Crippen molar-refractivity contribution in [1.82, 2.24) is 9.78 Å². The zero-order chi connectivity index (χ0) is 20.3. The molecule has 2 aliphatic rings. The topological polar surface area (TPSA) is 115 Å². The molecule has 0 aliphatic carbocycles. The summed E-state index contributed by atoms with van der Waals surface area (Å²) in [6.45, 7) is 1.84. The fourth-order valence-corrected chi connectivity index (χ4v) is 6.36. The normalized spacial score (nSPS) is 24.0. The van der Waals surface area contributed by atoms with E-state index in [9.17, 15) is 21.6 Å². The van der Waals surface area contributed by atoms with Crippen LogP contribution in [0.15, 0.2) is 29.2 Å². The van der Waals surface area contributed by atoms with Crippen molar-refractivity contribution in [3.8, 4) is 0 Å². The molecular weight excluding hydrogens is 402 g/mol. The highest BCUT2D eigenvalue weighted by molar-refractivity contribution is 7.91. The molecule has 0 radical (unpaired) electrons. The number of nitrogens with one attached hydrogen (secondary N) is 1. The zero-order valence-corrected chi connectivity index (χ0v) is 17.2. The van der Waals surface area contributed by atoms with Crippen LogP contribution in [-0.2, 0) is 24.5 Å². The van der Waals surface area contributed by atoms with Crippen molar-refractivity contribution in [1.29, 1.82) is 0 Å². The third-order valence-corrected chi connectivity index (χ3v) is 8.27. The quantitative estimate of drug-likeness (QED) is 0.799. The highest BCUT2D eigenvalue weighted by Gasteiger charge is 2.37. The largest absolute Gasteiger partial charge is 0.311 e. The van der Waals surface area contributed by atoms with Gasteiger partial charge in [-0.15, -0.1) is 0 Å². The predicted octanol–water partition coefficient (Wildman–Crippen LogP) is 1.43. The summed E-state index contributed by atoms with van der Waals surface area (Å²) in [5.41, 5.74) is 2.41. The van der Waals surface area contributed by atoms with Gasteiger partial charge < -0.3 is 5.32 Å². The van der Waals surface area contributed by atoms with E-state index in [1.165, 1.54) is 0 Å². The van der Waals surface area contributed by atoms with Crippen LogP contribution in [0.4, 0.5) is 5.82 Å². The second-order valence-electron chi connectivity index (χ2n) is 7.50. The van der Waals surface area contributed by atoms with Crippen LogP contribution in [-0.4, -0.2) is 50.3 Å². The third kappa shape index (κ3) is 3.35. The number of aryl methyl sites for hydroxylation is 1. The summed E-state index contributed by atoms with van der Waals surface area (Å²) < 4.78 is 48.8. The minimum Gasteiger partial charge on any atom is -0.311 e. The Morgan fingerprint density at radius 1 is 1.21 bits per heavy atom. The lowest BCUT2D eigenvalue weighted by Gasteiger charge is -2.25. The first kappa shape index (κ1) is 19.1. The molecule has 1 aromatic carbocycles. The van der Waals surface area contributed by atoms with Crippen LogP contribution in [0.5, 0.6) is 0 Å². The number of rotatable bonds is 3. The molecule has 150 valence electrons. The zero-order valence-electron chi connectivity index (χ0n) is 15.5. The minimum atomic E-state index is -3.30. The SMILES string of the molecule is Cc1nn([C@@H]2CCS(=O)(=O)C2)c2c1[C@H](c1ccc(S(C)(=O)=O)cc1)CC(=O)N2. The number of fused-ring (bicyclic) bond motifs is 1. The highest BCUT2D eigenvalue weighted by atomic mass is 32.2. The van der Waals surface area contributed by atoms with E-state index in [2.05, 4.69) is 10.4 Å². The van der Waals surface area contributed by atoms with E-state index in [1.807, 2.05) is 6.92 Å². The number of hydrogen-bond donors (Lipinski definition) is 1. The summed E-state index contributed by atoms with van der Waals surface area (Å²) in [6.07, 6.45) is 1.85. The predicted molar refractivity (Wildman–Crippen MR) is 104 cm³/mol. The fraction of sp³-hybridized carbons (Fsp3) is 0.444. The van der Waals surface area contributed by atoms with Gasteiger partial charge >= 0.3 is 0 Å². The lowest BCUT2D eigenvalue weighted by atomic mass is 9.86. The van der Waals surface area contributed by atoms with E-state index in [-0.39, 0.29) is 40.7 Å². The van der Waals surface area contributed by atoms with Crippen LogP contribution in [0.25, 0.3) is 0 Å². The molecule has 0 unspecified atom stereocenters. The van der Waals surface area contributed by atoms with Gasteiger partial charge in [0.2, 0.25) is 5.91 Å². The van der Waals surface area contributed by atoms with Crippen LogP contribution in [0.1, 0.15) is 41.6 Å². The number of sulfone groups is 2. The van der Waals surface area contributed by atoms with Crippen molar-refractivity contribution in [2.24, 2.45) is 0 Å². The Bertz CT molecular complexity index is 1160. The molecule has 3 heterocycles. The molecule has 8 nitrogen and oxygen atoms in total. The van der Waals surface area contributed by atoms with Gasteiger partial charge in [-0.2, -0.15) is 5.10 Å². The molecule has 10 heteroatoms. The third-order valence-electron chi connectivity index (χ3n) is 5.39. The summed E-state index contributed by atoms with van der Waals surface area (Å²) in [5, 5.41) is 7.41. The van der Waals surface area contributed by atoms with E-state index in [0.29, 0.717) is 12.2 Å². The highest BCUT2D eigenvalue weighted by Crippen LogP contribution is 2.41. The van der Waals surface area contributed by atoms with Gasteiger partial charge in [-0.05, 0) is 31.0 Å². The Kier molecular flexibility index (Phi) is 4.38. The first-order valence-corrected chi connectivity index (χ1v) is 12.7. The van der Waals surface area contributed by atoms with E-state index in [1.54, 1.807) is 28.9 Å². The number of benzene rings is 1. The van der Waals surface area contributed by atoms with Crippen molar-refractivity contribution >= 4 is 31.4 Å². The van der Waals surface area contributed by atoms with Gasteiger partial charge in [-0.25, -0.2) is 21.5 Å². The molecule has 1 saturated heterocycles. The van der Waals surface area contributed by atoms with Crippen molar-refractivity contribution in [3.05, 3.63) is 41.1 Å². The van der Waals surface area contributed by atoms with Gasteiger partial charge in [-0.3, -0.25) is 4.79 Å². The number of carbonyl (C=O) groups excluding carboxylic acids is 1. The Labute approximate surface area is 163 Å². The molecule has 4 rings (SSSR count). The molecule has 2 aromatic rings. The number of anilines is 1. The second kappa shape index (κ2) is 6.41. The molecule has 1 fully saturated rings. The maximum absolute atomic E-state index is 12.4. The molecule has 1 amide bonds. The fourth-order valence-electron chi connectivity index (χ4n) is 4.04. The Morgan fingerprint density at radius 2 is 1.89 bits per heavy atom. The molecule has 2 atom stereocenters. The number of hydrogen-bond acceptors (Lipinski definition) is 6. The Balaban J connectivity index is 1.77. The molecule has 0 saturated carbocycles. The van der Waals surface area contributed by atoms with Gasteiger partial charge in [0.05, 0.1) is 28.1 Å². The molecular formula is C18H21N3O5S2. The first-order chi connectivity index (χ1) is 13.0. The summed E-state index contributed by atoms with van der Waals surface area (Å²) in [5.74, 6) is 0.253. The van der Waals surface area contributed by atoms with Crippen molar-refractivity contribution in [2.45, 2.75) is 36.6 Å². The van der Waals surface area contributed by atoms with Gasteiger partial charge in [0.1, 0.15) is 5.82 Å². The van der Waals surface area contributed by atoms with E-state index in [0.717, 1.165) is 23.1 Å². The van der Waals surface area contributed by atoms with Gasteiger partial charge in [0.15, 0.2) is 19.7 Å². The lowest BCUT2D eigenvalue weighted by Crippen LogP contribution is -2.26.